The van der Waals surface area contributed by atoms with Crippen molar-refractivity contribution in [3.8, 4) is 21.7 Å². The molecule has 1 aliphatic rings. The number of carbonyl (C=O) groups is 1. The van der Waals surface area contributed by atoms with Crippen LogP contribution >= 0.6 is 11.3 Å². The third kappa shape index (κ3) is 4.58. The molecule has 1 atom stereocenters. The van der Waals surface area contributed by atoms with E-state index in [0.29, 0.717) is 37.8 Å². The molecule has 4 aromatic rings. The normalized spacial score (nSPS) is 16.2. The minimum absolute atomic E-state index is 0.165. The predicted octanol–water partition coefficient (Wildman–Crippen LogP) is 5.00. The number of hydrogen-bond donors (Lipinski definition) is 0. The molecule has 0 unspecified atom stereocenters. The van der Waals surface area contributed by atoms with Crippen molar-refractivity contribution in [2.24, 2.45) is 0 Å². The maximum Gasteiger partial charge on any atom is 0.274 e. The van der Waals surface area contributed by atoms with Crippen LogP contribution in [0, 0.1) is 12.7 Å². The van der Waals surface area contributed by atoms with Gasteiger partial charge in [-0.25, -0.2) is 14.4 Å². The van der Waals surface area contributed by atoms with Crippen LogP contribution in [-0.4, -0.2) is 46.6 Å². The molecule has 6 nitrogen and oxygen atoms in total. The molecule has 5 rings (SSSR count). The quantitative estimate of drug-likeness (QED) is 0.417. The van der Waals surface area contributed by atoms with Gasteiger partial charge in [0.2, 0.25) is 0 Å². The summed E-state index contributed by atoms with van der Waals surface area (Å²) in [6, 6.07) is 15.7. The highest BCUT2D eigenvalue weighted by Gasteiger charge is 2.32. The van der Waals surface area contributed by atoms with Crippen molar-refractivity contribution in [2.45, 2.75) is 19.4 Å². The summed E-state index contributed by atoms with van der Waals surface area (Å²) in [6.07, 6.45) is 2.07. The molecule has 1 fully saturated rings. The van der Waals surface area contributed by atoms with Gasteiger partial charge in [-0.2, -0.15) is 0 Å². The van der Waals surface area contributed by atoms with Crippen LogP contribution in [0.1, 0.15) is 21.4 Å². The Morgan fingerprint density at radius 3 is 2.70 bits per heavy atom. The van der Waals surface area contributed by atoms with E-state index in [0.717, 1.165) is 26.7 Å². The zero-order valence-corrected chi connectivity index (χ0v) is 18.8. The summed E-state index contributed by atoms with van der Waals surface area (Å²) in [4.78, 5) is 25.3. The predicted molar refractivity (Wildman–Crippen MR) is 124 cm³/mol. The van der Waals surface area contributed by atoms with Gasteiger partial charge in [-0.3, -0.25) is 4.79 Å². The highest BCUT2D eigenvalue weighted by atomic mass is 32.1. The van der Waals surface area contributed by atoms with Gasteiger partial charge in [-0.15, -0.1) is 11.3 Å². The molecule has 0 saturated carbocycles. The van der Waals surface area contributed by atoms with Gasteiger partial charge in [0, 0.05) is 18.5 Å². The van der Waals surface area contributed by atoms with E-state index in [9.17, 15) is 9.18 Å². The molecule has 1 saturated heterocycles. The number of morpholine rings is 1. The van der Waals surface area contributed by atoms with Crippen LogP contribution in [-0.2, 0) is 11.2 Å². The molecule has 3 heterocycles. The first kappa shape index (κ1) is 21.5. The van der Waals surface area contributed by atoms with Crippen LogP contribution in [0.15, 0.2) is 65.3 Å². The minimum atomic E-state index is -0.318. The standard InChI is InChI=1S/C25H22FN3O3S/c1-16-27-23(24(33-16)18-7-9-19(26)10-8-18)25(30)29-11-12-31-14-20(29)13-22-28-21(15-32-22)17-5-3-2-4-6-17/h2-10,15,20H,11-14H2,1H3/t20-/m1/s1. The maximum atomic E-state index is 13.6. The molecule has 8 heteroatoms. The lowest BCUT2D eigenvalue weighted by Gasteiger charge is -2.34. The number of oxazole rings is 1. The Kier molecular flexibility index (Phi) is 6.02. The van der Waals surface area contributed by atoms with Crippen molar-refractivity contribution in [1.82, 2.24) is 14.9 Å². The fourth-order valence-electron chi connectivity index (χ4n) is 3.94. The van der Waals surface area contributed by atoms with E-state index >= 15 is 0 Å². The van der Waals surface area contributed by atoms with Crippen LogP contribution < -0.4 is 0 Å². The van der Waals surface area contributed by atoms with Gasteiger partial charge in [0.1, 0.15) is 23.5 Å². The number of aryl methyl sites for hydroxylation is 1. The number of amides is 1. The van der Waals surface area contributed by atoms with Crippen LogP contribution in [0.2, 0.25) is 0 Å². The summed E-state index contributed by atoms with van der Waals surface area (Å²) in [5, 5.41) is 0.780. The van der Waals surface area contributed by atoms with Gasteiger partial charge in [-0.1, -0.05) is 42.5 Å². The van der Waals surface area contributed by atoms with E-state index in [2.05, 4.69) is 9.97 Å². The summed E-state index contributed by atoms with van der Waals surface area (Å²) in [6.45, 7) is 3.17. The summed E-state index contributed by atoms with van der Waals surface area (Å²) < 4.78 is 24.8. The smallest absolute Gasteiger partial charge is 0.274 e. The number of ether oxygens (including phenoxy) is 1. The summed E-state index contributed by atoms with van der Waals surface area (Å²) in [7, 11) is 0. The average Bonchev–Trinajstić information content (AvgIpc) is 3.47. The molecule has 1 amide bonds. The number of carbonyl (C=O) groups excluding carboxylic acids is 1. The number of hydrogen-bond acceptors (Lipinski definition) is 6. The van der Waals surface area contributed by atoms with Crippen molar-refractivity contribution < 1.29 is 18.3 Å². The Balaban J connectivity index is 1.39. The number of nitrogens with zero attached hydrogens (tertiary/aromatic N) is 3. The maximum absolute atomic E-state index is 13.6. The number of aromatic nitrogens is 2. The fourth-order valence-corrected chi connectivity index (χ4v) is 4.86. The monoisotopic (exact) mass is 463 g/mol. The lowest BCUT2D eigenvalue weighted by molar-refractivity contribution is -0.00345. The molecule has 2 aromatic heterocycles. The van der Waals surface area contributed by atoms with Crippen LogP contribution in [0.3, 0.4) is 0 Å². The average molecular weight is 464 g/mol. The van der Waals surface area contributed by atoms with Gasteiger partial charge < -0.3 is 14.1 Å². The lowest BCUT2D eigenvalue weighted by atomic mass is 10.1. The van der Waals surface area contributed by atoms with Crippen LogP contribution in [0.4, 0.5) is 4.39 Å². The van der Waals surface area contributed by atoms with Crippen molar-refractivity contribution in [1.29, 1.82) is 0 Å². The van der Waals surface area contributed by atoms with Crippen molar-refractivity contribution >= 4 is 17.2 Å². The largest absolute Gasteiger partial charge is 0.448 e. The Labute approximate surface area is 194 Å². The van der Waals surface area contributed by atoms with Gasteiger partial charge in [-0.05, 0) is 24.6 Å². The molecular formula is C25H22FN3O3S. The summed E-state index contributed by atoms with van der Waals surface area (Å²) >= 11 is 1.43. The summed E-state index contributed by atoms with van der Waals surface area (Å²) in [5.41, 5.74) is 2.89. The molecular weight excluding hydrogens is 441 g/mol. The first-order valence-electron chi connectivity index (χ1n) is 10.7. The second-order valence-corrected chi connectivity index (χ2v) is 9.04. The third-order valence-electron chi connectivity index (χ3n) is 5.56. The first-order chi connectivity index (χ1) is 16.1. The van der Waals surface area contributed by atoms with E-state index in [1.165, 1.54) is 23.5 Å². The zero-order chi connectivity index (χ0) is 22.8. The van der Waals surface area contributed by atoms with Crippen LogP contribution in [0.5, 0.6) is 0 Å². The minimum Gasteiger partial charge on any atom is -0.448 e. The zero-order valence-electron chi connectivity index (χ0n) is 18.0. The first-order valence-corrected chi connectivity index (χ1v) is 11.5. The molecule has 2 aromatic carbocycles. The Bertz CT molecular complexity index is 1250. The SMILES string of the molecule is Cc1nc(C(=O)N2CCOC[C@H]2Cc2nc(-c3ccccc3)co2)c(-c2ccc(F)cc2)s1. The number of rotatable bonds is 5. The summed E-state index contributed by atoms with van der Waals surface area (Å²) in [5.74, 6) is 0.0686. The fraction of sp³-hybridized carbons (Fsp3) is 0.240. The lowest BCUT2D eigenvalue weighted by Crippen LogP contribution is -2.50. The molecule has 33 heavy (non-hydrogen) atoms. The highest BCUT2D eigenvalue weighted by Crippen LogP contribution is 2.32. The molecule has 0 aliphatic carbocycles. The molecule has 168 valence electrons. The molecule has 1 aliphatic heterocycles. The van der Waals surface area contributed by atoms with E-state index in [-0.39, 0.29) is 17.8 Å². The van der Waals surface area contributed by atoms with E-state index < -0.39 is 0 Å². The topological polar surface area (TPSA) is 68.5 Å². The second-order valence-electron chi connectivity index (χ2n) is 7.84. The number of thiazole rings is 1. The van der Waals surface area contributed by atoms with Gasteiger partial charge in [0.25, 0.3) is 5.91 Å². The highest BCUT2D eigenvalue weighted by molar-refractivity contribution is 7.15. The van der Waals surface area contributed by atoms with Gasteiger partial charge in [0.15, 0.2) is 5.89 Å². The third-order valence-corrected chi connectivity index (χ3v) is 6.58. The molecule has 0 N–H and O–H groups in total. The van der Waals surface area contributed by atoms with Crippen molar-refractivity contribution in [3.05, 3.63) is 83.3 Å². The van der Waals surface area contributed by atoms with E-state index in [1.807, 2.05) is 37.3 Å². The Morgan fingerprint density at radius 1 is 1.12 bits per heavy atom. The number of benzene rings is 2. The van der Waals surface area contributed by atoms with Gasteiger partial charge >= 0.3 is 0 Å². The van der Waals surface area contributed by atoms with E-state index in [4.69, 9.17) is 9.15 Å². The molecule has 0 radical (unpaired) electrons. The van der Waals surface area contributed by atoms with E-state index in [1.54, 1.807) is 23.3 Å². The number of halogens is 1. The van der Waals surface area contributed by atoms with Gasteiger partial charge in [0.05, 0.1) is 29.1 Å². The Morgan fingerprint density at radius 2 is 1.91 bits per heavy atom. The molecule has 0 spiro atoms. The van der Waals surface area contributed by atoms with Crippen molar-refractivity contribution in [2.75, 3.05) is 19.8 Å². The second kappa shape index (κ2) is 9.25. The van der Waals surface area contributed by atoms with Crippen molar-refractivity contribution in [3.63, 3.8) is 0 Å². The Hall–Kier alpha value is -3.36. The molecule has 0 bridgehead atoms. The van der Waals surface area contributed by atoms with Crippen LogP contribution in [0.25, 0.3) is 21.7 Å².